The predicted molar refractivity (Wildman–Crippen MR) is 24.6 cm³/mol. The summed E-state index contributed by atoms with van der Waals surface area (Å²) in [5, 5.41) is 0. The summed E-state index contributed by atoms with van der Waals surface area (Å²) in [4.78, 5) is 0. The van der Waals surface area contributed by atoms with Gasteiger partial charge < -0.3 is 10.2 Å². The van der Waals surface area contributed by atoms with Gasteiger partial charge in [0.15, 0.2) is 9.76 Å². The lowest BCUT2D eigenvalue weighted by Gasteiger charge is -1.83. The molecule has 0 saturated heterocycles. The van der Waals surface area contributed by atoms with Crippen LogP contribution in [0.15, 0.2) is 0 Å². The molecule has 0 spiro atoms. The molecule has 0 aliphatic carbocycles. The molecule has 0 aromatic heterocycles. The van der Waals surface area contributed by atoms with Gasteiger partial charge in [0.05, 0.1) is 0 Å². The van der Waals surface area contributed by atoms with E-state index in [0.717, 1.165) is 6.17 Å². The quantitative estimate of drug-likeness (QED) is 0.426. The number of nitrogens with two attached hydrogens (primary N) is 1. The molecule has 0 aliphatic rings. The molecular weight excluding hydrogens is 82.1 g/mol. The standard InChI is InChI=1S/C2H9NOSi/c1-4-5-2-3/h2-3,5H2,1H3. The van der Waals surface area contributed by atoms with Crippen molar-refractivity contribution in [2.24, 2.45) is 5.73 Å². The first kappa shape index (κ1) is 5.14. The van der Waals surface area contributed by atoms with E-state index in [4.69, 9.17) is 10.2 Å². The second-order valence-electron chi connectivity index (χ2n) is 0.781. The van der Waals surface area contributed by atoms with Crippen molar-refractivity contribution in [3.05, 3.63) is 0 Å². The average Bonchev–Trinajstić information content (AvgIpc) is 1.41. The van der Waals surface area contributed by atoms with Crippen molar-refractivity contribution < 1.29 is 4.43 Å². The topological polar surface area (TPSA) is 35.2 Å². The van der Waals surface area contributed by atoms with Crippen molar-refractivity contribution >= 4 is 9.76 Å². The molecule has 0 bridgehead atoms. The van der Waals surface area contributed by atoms with Crippen LogP contribution < -0.4 is 5.73 Å². The van der Waals surface area contributed by atoms with Crippen molar-refractivity contribution in [3.8, 4) is 0 Å². The summed E-state index contributed by atoms with van der Waals surface area (Å²) in [6.07, 6.45) is 0.760. The molecule has 0 fully saturated rings. The highest BCUT2D eigenvalue weighted by atomic mass is 28.2. The number of hydrogen-bond acceptors (Lipinski definition) is 2. The molecule has 5 heavy (non-hydrogen) atoms. The van der Waals surface area contributed by atoms with Crippen LogP contribution in [-0.4, -0.2) is 23.0 Å². The van der Waals surface area contributed by atoms with Gasteiger partial charge in [-0.25, -0.2) is 0 Å². The van der Waals surface area contributed by atoms with Crippen LogP contribution in [0.3, 0.4) is 0 Å². The summed E-state index contributed by atoms with van der Waals surface area (Å²) in [5.41, 5.74) is 5.08. The maximum atomic E-state index is 5.08. The first-order valence-electron chi connectivity index (χ1n) is 1.61. The molecule has 0 heterocycles. The van der Waals surface area contributed by atoms with Gasteiger partial charge in [0, 0.05) is 13.3 Å². The second-order valence-corrected chi connectivity index (χ2v) is 2.34. The smallest absolute Gasteiger partial charge is 0.174 e. The summed E-state index contributed by atoms with van der Waals surface area (Å²) in [6.45, 7) is 0. The molecule has 2 nitrogen and oxygen atoms in total. The highest BCUT2D eigenvalue weighted by Gasteiger charge is 1.69. The lowest BCUT2D eigenvalue weighted by atomic mass is 11.5. The highest BCUT2D eigenvalue weighted by molar-refractivity contribution is 6.27. The van der Waals surface area contributed by atoms with Gasteiger partial charge in [0.25, 0.3) is 0 Å². The van der Waals surface area contributed by atoms with Crippen LogP contribution in [0.4, 0.5) is 0 Å². The highest BCUT2D eigenvalue weighted by Crippen LogP contribution is 1.47. The lowest BCUT2D eigenvalue weighted by Crippen LogP contribution is -2.09. The zero-order chi connectivity index (χ0) is 4.12. The van der Waals surface area contributed by atoms with Crippen LogP contribution in [0.1, 0.15) is 0 Å². The number of rotatable bonds is 2. The van der Waals surface area contributed by atoms with Gasteiger partial charge in [-0.1, -0.05) is 0 Å². The van der Waals surface area contributed by atoms with Gasteiger partial charge in [-0.3, -0.25) is 0 Å². The van der Waals surface area contributed by atoms with Gasteiger partial charge >= 0.3 is 0 Å². The fourth-order valence-corrected chi connectivity index (χ4v) is 0.354. The van der Waals surface area contributed by atoms with E-state index in [1.165, 1.54) is 0 Å². The molecule has 0 radical (unpaired) electrons. The first-order valence-corrected chi connectivity index (χ1v) is 3.18. The van der Waals surface area contributed by atoms with Gasteiger partial charge in [-0.2, -0.15) is 0 Å². The molecule has 0 atom stereocenters. The Morgan fingerprint density at radius 2 is 2.60 bits per heavy atom. The molecule has 0 saturated carbocycles. The Kier molecular flexibility index (Phi) is 4.25. The minimum absolute atomic E-state index is 0.290. The van der Waals surface area contributed by atoms with Crippen molar-refractivity contribution in [3.63, 3.8) is 0 Å². The van der Waals surface area contributed by atoms with Crippen molar-refractivity contribution in [2.75, 3.05) is 13.3 Å². The van der Waals surface area contributed by atoms with Crippen molar-refractivity contribution in [1.82, 2.24) is 0 Å². The van der Waals surface area contributed by atoms with Gasteiger partial charge in [0.2, 0.25) is 0 Å². The second kappa shape index (κ2) is 4.14. The lowest BCUT2D eigenvalue weighted by molar-refractivity contribution is 0.442. The summed E-state index contributed by atoms with van der Waals surface area (Å²) in [7, 11) is 1.40. The Bertz CT molecular complexity index is 17.1. The summed E-state index contributed by atoms with van der Waals surface area (Å²) in [6, 6.07) is 0. The molecule has 0 amide bonds. The monoisotopic (exact) mass is 91.0 g/mol. The molecule has 3 heteroatoms. The van der Waals surface area contributed by atoms with Crippen molar-refractivity contribution in [2.45, 2.75) is 0 Å². The summed E-state index contributed by atoms with van der Waals surface area (Å²) >= 11 is 0. The minimum atomic E-state index is -0.290. The number of hydrogen-bond donors (Lipinski definition) is 1. The van der Waals surface area contributed by atoms with E-state index in [2.05, 4.69) is 0 Å². The third-order valence-corrected chi connectivity index (χ3v) is 0.966. The largest absolute Gasteiger partial charge is 0.426 e. The molecule has 0 rings (SSSR count). The summed E-state index contributed by atoms with van der Waals surface area (Å²) < 4.78 is 4.70. The Balaban J connectivity index is 2.19. The van der Waals surface area contributed by atoms with Crippen LogP contribution in [0.5, 0.6) is 0 Å². The normalized spacial score (nSPS) is 10.8. The average molecular weight is 91.2 g/mol. The van der Waals surface area contributed by atoms with Crippen LogP contribution in [-0.2, 0) is 4.43 Å². The van der Waals surface area contributed by atoms with E-state index in [9.17, 15) is 0 Å². The predicted octanol–water partition coefficient (Wildman–Crippen LogP) is -1.37. The van der Waals surface area contributed by atoms with Crippen LogP contribution >= 0.6 is 0 Å². The zero-order valence-corrected chi connectivity index (χ0v) is 4.81. The Morgan fingerprint density at radius 3 is 2.60 bits per heavy atom. The fourth-order valence-electron chi connectivity index (χ4n) is 0.118. The molecule has 2 N–H and O–H groups in total. The van der Waals surface area contributed by atoms with E-state index in [-0.39, 0.29) is 9.76 Å². The van der Waals surface area contributed by atoms with E-state index in [1.807, 2.05) is 0 Å². The molecule has 32 valence electrons. The molecule has 0 unspecified atom stereocenters. The van der Waals surface area contributed by atoms with Crippen LogP contribution in [0.25, 0.3) is 0 Å². The molecular formula is C2H9NOSi. The Hall–Kier alpha value is 0.137. The van der Waals surface area contributed by atoms with Crippen LogP contribution in [0, 0.1) is 0 Å². The molecule has 0 aromatic rings. The van der Waals surface area contributed by atoms with Gasteiger partial charge in [0.1, 0.15) is 0 Å². The van der Waals surface area contributed by atoms with Crippen LogP contribution in [0.2, 0.25) is 0 Å². The maximum Gasteiger partial charge on any atom is 0.174 e. The van der Waals surface area contributed by atoms with E-state index >= 15 is 0 Å². The third kappa shape index (κ3) is 4.14. The molecule has 0 aromatic carbocycles. The van der Waals surface area contributed by atoms with Crippen molar-refractivity contribution in [1.29, 1.82) is 0 Å². The molecule has 0 aliphatic heterocycles. The Labute approximate surface area is 34.3 Å². The summed E-state index contributed by atoms with van der Waals surface area (Å²) in [5.74, 6) is 0. The SMILES string of the molecule is CO[SiH2]CN. The maximum absolute atomic E-state index is 5.08. The van der Waals surface area contributed by atoms with E-state index < -0.39 is 0 Å². The van der Waals surface area contributed by atoms with E-state index in [1.54, 1.807) is 7.11 Å². The fraction of sp³-hybridized carbons (Fsp3) is 1.00. The Morgan fingerprint density at radius 1 is 2.00 bits per heavy atom. The third-order valence-electron chi connectivity index (χ3n) is 0.322. The van der Waals surface area contributed by atoms with Gasteiger partial charge in [-0.05, 0) is 0 Å². The first-order chi connectivity index (χ1) is 2.41. The van der Waals surface area contributed by atoms with Gasteiger partial charge in [-0.15, -0.1) is 0 Å². The van der Waals surface area contributed by atoms with E-state index in [0.29, 0.717) is 0 Å². The zero-order valence-electron chi connectivity index (χ0n) is 3.40. The minimum Gasteiger partial charge on any atom is -0.426 e.